The number of carbonyl (C=O) groups is 1. The van der Waals surface area contributed by atoms with Crippen molar-refractivity contribution in [1.82, 2.24) is 4.90 Å². The molecule has 0 bridgehead atoms. The van der Waals surface area contributed by atoms with Crippen molar-refractivity contribution in [2.24, 2.45) is 5.73 Å². The third-order valence-electron chi connectivity index (χ3n) is 2.90. The normalized spacial score (nSPS) is 20.1. The summed E-state index contributed by atoms with van der Waals surface area (Å²) in [6.45, 7) is 1.95. The maximum absolute atomic E-state index is 11.8. The molecule has 0 saturated carbocycles. The number of amides is 1. The van der Waals surface area contributed by atoms with Gasteiger partial charge in [0.15, 0.2) is 0 Å². The average Bonchev–Trinajstić information content (AvgIpc) is 2.70. The summed E-state index contributed by atoms with van der Waals surface area (Å²) in [4.78, 5) is 13.9. The summed E-state index contributed by atoms with van der Waals surface area (Å²) >= 11 is 11.9. The van der Waals surface area contributed by atoms with Gasteiger partial charge in [-0.15, -0.1) is 0 Å². The predicted octanol–water partition coefficient (Wildman–Crippen LogP) is 1.96. The lowest BCUT2D eigenvalue weighted by atomic mass is 10.3. The Balaban J connectivity index is 1.93. The van der Waals surface area contributed by atoms with Crippen LogP contribution in [0.5, 0.6) is 0 Å². The van der Waals surface area contributed by atoms with E-state index in [1.807, 2.05) is 4.90 Å². The van der Waals surface area contributed by atoms with Gasteiger partial charge in [-0.05, 0) is 18.6 Å². The van der Waals surface area contributed by atoms with Gasteiger partial charge >= 0.3 is 0 Å². The molecule has 0 aliphatic carbocycles. The van der Waals surface area contributed by atoms with Crippen molar-refractivity contribution in [2.45, 2.75) is 12.5 Å². The van der Waals surface area contributed by atoms with E-state index in [-0.39, 0.29) is 11.9 Å². The van der Waals surface area contributed by atoms with E-state index in [1.165, 1.54) is 0 Å². The van der Waals surface area contributed by atoms with Crippen molar-refractivity contribution in [2.75, 3.05) is 25.0 Å². The van der Waals surface area contributed by atoms with Crippen LogP contribution in [-0.4, -0.2) is 36.5 Å². The first-order chi connectivity index (χ1) is 8.56. The van der Waals surface area contributed by atoms with E-state index < -0.39 is 0 Å². The largest absolute Gasteiger partial charge is 0.326 e. The number of hydrogen-bond acceptors (Lipinski definition) is 3. The number of nitrogens with one attached hydrogen (secondary N) is 1. The summed E-state index contributed by atoms with van der Waals surface area (Å²) in [6, 6.07) is 5.32. The first kappa shape index (κ1) is 13.6. The smallest absolute Gasteiger partial charge is 0.238 e. The Morgan fingerprint density at radius 2 is 2.28 bits per heavy atom. The average molecular weight is 288 g/mol. The van der Waals surface area contributed by atoms with Crippen molar-refractivity contribution in [1.29, 1.82) is 0 Å². The molecule has 1 aromatic rings. The Kier molecular flexibility index (Phi) is 4.45. The lowest BCUT2D eigenvalue weighted by Crippen LogP contribution is -2.33. The van der Waals surface area contributed by atoms with Crippen LogP contribution < -0.4 is 11.1 Å². The Morgan fingerprint density at radius 3 is 2.94 bits per heavy atom. The molecule has 1 saturated heterocycles. The van der Waals surface area contributed by atoms with Gasteiger partial charge in [0.2, 0.25) is 5.91 Å². The second kappa shape index (κ2) is 5.89. The monoisotopic (exact) mass is 287 g/mol. The van der Waals surface area contributed by atoms with Crippen molar-refractivity contribution in [3.05, 3.63) is 28.2 Å². The minimum Gasteiger partial charge on any atom is -0.326 e. The van der Waals surface area contributed by atoms with Gasteiger partial charge < -0.3 is 11.1 Å². The van der Waals surface area contributed by atoms with Crippen molar-refractivity contribution in [3.8, 4) is 0 Å². The molecule has 1 fully saturated rings. The second-order valence-electron chi connectivity index (χ2n) is 4.43. The summed E-state index contributed by atoms with van der Waals surface area (Å²) in [7, 11) is 0. The SMILES string of the molecule is N[C@H]1CCN(CC(=O)Nc2cccc(Cl)c2Cl)C1. The molecule has 6 heteroatoms. The fourth-order valence-corrected chi connectivity index (χ4v) is 2.35. The molecule has 18 heavy (non-hydrogen) atoms. The van der Waals surface area contributed by atoms with Gasteiger partial charge in [-0.25, -0.2) is 0 Å². The third kappa shape index (κ3) is 3.36. The van der Waals surface area contributed by atoms with Gasteiger partial charge in [0.25, 0.3) is 0 Å². The minimum atomic E-state index is -0.103. The molecule has 0 radical (unpaired) electrons. The maximum atomic E-state index is 11.8. The van der Waals surface area contributed by atoms with E-state index in [9.17, 15) is 4.79 Å². The standard InChI is InChI=1S/C12H15Cl2N3O/c13-9-2-1-3-10(12(9)14)16-11(18)7-17-5-4-8(15)6-17/h1-3,8H,4-7,15H2,(H,16,18)/t8-/m0/s1. The highest BCUT2D eigenvalue weighted by atomic mass is 35.5. The molecule has 98 valence electrons. The Morgan fingerprint density at radius 1 is 1.50 bits per heavy atom. The molecule has 0 unspecified atom stereocenters. The van der Waals surface area contributed by atoms with Gasteiger partial charge in [0.1, 0.15) is 0 Å². The maximum Gasteiger partial charge on any atom is 0.238 e. The van der Waals surface area contributed by atoms with Crippen LogP contribution in [0.2, 0.25) is 10.0 Å². The van der Waals surface area contributed by atoms with E-state index in [1.54, 1.807) is 18.2 Å². The van der Waals surface area contributed by atoms with Crippen LogP contribution in [0.3, 0.4) is 0 Å². The molecular formula is C12H15Cl2N3O. The van der Waals surface area contributed by atoms with Crippen LogP contribution in [0.15, 0.2) is 18.2 Å². The number of likely N-dealkylation sites (tertiary alicyclic amines) is 1. The highest BCUT2D eigenvalue weighted by molar-refractivity contribution is 6.43. The van der Waals surface area contributed by atoms with E-state index in [2.05, 4.69) is 5.32 Å². The Labute approximate surface area is 116 Å². The number of halogens is 2. The van der Waals surface area contributed by atoms with Crippen molar-refractivity contribution < 1.29 is 4.79 Å². The highest BCUT2D eigenvalue weighted by Crippen LogP contribution is 2.29. The molecular weight excluding hydrogens is 273 g/mol. The number of rotatable bonds is 3. The fourth-order valence-electron chi connectivity index (χ4n) is 2.00. The van der Waals surface area contributed by atoms with Crippen LogP contribution in [0.25, 0.3) is 0 Å². The highest BCUT2D eigenvalue weighted by Gasteiger charge is 2.21. The van der Waals surface area contributed by atoms with Gasteiger partial charge in [-0.2, -0.15) is 0 Å². The molecule has 1 aromatic carbocycles. The topological polar surface area (TPSA) is 58.4 Å². The van der Waals surface area contributed by atoms with Crippen LogP contribution in [-0.2, 0) is 4.79 Å². The lowest BCUT2D eigenvalue weighted by molar-refractivity contribution is -0.117. The molecule has 0 spiro atoms. The molecule has 1 amide bonds. The molecule has 1 aliphatic heterocycles. The summed E-state index contributed by atoms with van der Waals surface area (Å²) in [6.07, 6.45) is 0.936. The summed E-state index contributed by atoms with van der Waals surface area (Å²) in [5.74, 6) is -0.103. The molecule has 2 rings (SSSR count). The number of benzene rings is 1. The quantitative estimate of drug-likeness (QED) is 0.894. The van der Waals surface area contributed by atoms with Gasteiger partial charge in [-0.3, -0.25) is 9.69 Å². The predicted molar refractivity (Wildman–Crippen MR) is 74.1 cm³/mol. The van der Waals surface area contributed by atoms with E-state index >= 15 is 0 Å². The first-order valence-corrected chi connectivity index (χ1v) is 6.53. The zero-order valence-corrected chi connectivity index (χ0v) is 11.3. The van der Waals surface area contributed by atoms with Crippen LogP contribution >= 0.6 is 23.2 Å². The second-order valence-corrected chi connectivity index (χ2v) is 5.22. The Hall–Kier alpha value is -0.810. The molecule has 1 atom stereocenters. The van der Waals surface area contributed by atoms with Crippen molar-refractivity contribution in [3.63, 3.8) is 0 Å². The van der Waals surface area contributed by atoms with Crippen LogP contribution in [0, 0.1) is 0 Å². The van der Waals surface area contributed by atoms with Gasteiger partial charge in [0, 0.05) is 19.1 Å². The van der Waals surface area contributed by atoms with Crippen LogP contribution in [0.4, 0.5) is 5.69 Å². The van der Waals surface area contributed by atoms with E-state index in [0.717, 1.165) is 19.5 Å². The number of nitrogens with zero attached hydrogens (tertiary/aromatic N) is 1. The zero-order chi connectivity index (χ0) is 13.1. The lowest BCUT2D eigenvalue weighted by Gasteiger charge is -2.15. The molecule has 4 nitrogen and oxygen atoms in total. The number of hydrogen-bond donors (Lipinski definition) is 2. The van der Waals surface area contributed by atoms with Crippen LogP contribution in [0.1, 0.15) is 6.42 Å². The summed E-state index contributed by atoms with van der Waals surface area (Å²) < 4.78 is 0. The molecule has 1 heterocycles. The molecule has 0 aromatic heterocycles. The fraction of sp³-hybridized carbons (Fsp3) is 0.417. The first-order valence-electron chi connectivity index (χ1n) is 5.78. The molecule has 3 N–H and O–H groups in total. The molecule has 1 aliphatic rings. The summed E-state index contributed by atoms with van der Waals surface area (Å²) in [5.41, 5.74) is 6.32. The number of carbonyl (C=O) groups excluding carboxylic acids is 1. The van der Waals surface area contributed by atoms with E-state index in [4.69, 9.17) is 28.9 Å². The summed E-state index contributed by atoms with van der Waals surface area (Å²) in [5, 5.41) is 3.55. The minimum absolute atomic E-state index is 0.103. The van der Waals surface area contributed by atoms with E-state index in [0.29, 0.717) is 22.3 Å². The number of nitrogens with two attached hydrogens (primary N) is 1. The zero-order valence-electron chi connectivity index (χ0n) is 9.83. The van der Waals surface area contributed by atoms with Gasteiger partial charge in [-0.1, -0.05) is 29.3 Å². The third-order valence-corrected chi connectivity index (χ3v) is 3.72. The van der Waals surface area contributed by atoms with Crippen molar-refractivity contribution >= 4 is 34.8 Å². The van der Waals surface area contributed by atoms with Gasteiger partial charge in [0.05, 0.1) is 22.3 Å². The number of anilines is 1. The Bertz CT molecular complexity index is 453.